The van der Waals surface area contributed by atoms with Crippen molar-refractivity contribution in [2.24, 2.45) is 0 Å². The highest BCUT2D eigenvalue weighted by Crippen LogP contribution is 2.34. The van der Waals surface area contributed by atoms with Crippen LogP contribution in [0.3, 0.4) is 0 Å². The minimum atomic E-state index is 0.426. The van der Waals surface area contributed by atoms with Crippen LogP contribution in [0.5, 0.6) is 0 Å². The number of nitrogen functional groups attached to an aromatic ring is 1. The van der Waals surface area contributed by atoms with E-state index in [1.807, 2.05) is 6.07 Å². The minimum absolute atomic E-state index is 0.426. The predicted molar refractivity (Wildman–Crippen MR) is 69.3 cm³/mol. The van der Waals surface area contributed by atoms with Crippen molar-refractivity contribution in [2.75, 3.05) is 5.73 Å². The molecular formula is C14H22N2. The van der Waals surface area contributed by atoms with Crippen LogP contribution < -0.4 is 11.1 Å². The summed E-state index contributed by atoms with van der Waals surface area (Å²) >= 11 is 0. The van der Waals surface area contributed by atoms with Crippen molar-refractivity contribution < 1.29 is 0 Å². The summed E-state index contributed by atoms with van der Waals surface area (Å²) in [6, 6.07) is 6.31. The van der Waals surface area contributed by atoms with Crippen LogP contribution in [0.4, 0.5) is 5.69 Å². The van der Waals surface area contributed by atoms with Crippen molar-refractivity contribution in [3.05, 3.63) is 29.3 Å². The largest absolute Gasteiger partial charge is 0.399 e. The minimum Gasteiger partial charge on any atom is -0.399 e. The van der Waals surface area contributed by atoms with E-state index >= 15 is 0 Å². The van der Waals surface area contributed by atoms with Crippen LogP contribution in [-0.2, 0) is 6.54 Å². The number of anilines is 1. The second kappa shape index (κ2) is 4.46. The topological polar surface area (TPSA) is 38.0 Å². The summed E-state index contributed by atoms with van der Waals surface area (Å²) in [5.41, 5.74) is 9.64. The summed E-state index contributed by atoms with van der Waals surface area (Å²) in [6.07, 6.45) is 5.28. The fourth-order valence-electron chi connectivity index (χ4n) is 2.40. The third kappa shape index (κ3) is 2.22. The van der Waals surface area contributed by atoms with Crippen LogP contribution in [0, 0.1) is 6.92 Å². The molecule has 0 heterocycles. The maximum Gasteiger partial charge on any atom is 0.0343 e. The molecule has 1 aromatic carbocycles. The molecule has 2 nitrogen and oxygen atoms in total. The number of hydrogen-bond acceptors (Lipinski definition) is 2. The van der Waals surface area contributed by atoms with E-state index in [2.05, 4.69) is 31.3 Å². The first-order valence-corrected chi connectivity index (χ1v) is 6.25. The average Bonchev–Trinajstić information content (AvgIpc) is 2.22. The van der Waals surface area contributed by atoms with Gasteiger partial charge in [-0.15, -0.1) is 0 Å². The normalized spacial score (nSPS) is 18.1. The molecule has 0 atom stereocenters. The number of aryl methyl sites for hydroxylation is 1. The van der Waals surface area contributed by atoms with E-state index in [9.17, 15) is 0 Å². The Morgan fingerprint density at radius 1 is 1.38 bits per heavy atom. The second-order valence-electron chi connectivity index (χ2n) is 5.03. The molecular weight excluding hydrogens is 196 g/mol. The molecule has 2 rings (SSSR count). The van der Waals surface area contributed by atoms with Gasteiger partial charge < -0.3 is 11.1 Å². The van der Waals surface area contributed by atoms with E-state index in [1.54, 1.807) is 0 Å². The molecule has 0 aromatic heterocycles. The molecule has 0 unspecified atom stereocenters. The molecule has 1 aliphatic rings. The van der Waals surface area contributed by atoms with Crippen LogP contribution in [0.25, 0.3) is 0 Å². The van der Waals surface area contributed by atoms with Gasteiger partial charge in [0.1, 0.15) is 0 Å². The summed E-state index contributed by atoms with van der Waals surface area (Å²) < 4.78 is 0. The molecule has 3 N–H and O–H groups in total. The van der Waals surface area contributed by atoms with Crippen molar-refractivity contribution in [3.63, 3.8) is 0 Å². The lowest BCUT2D eigenvalue weighted by molar-refractivity contribution is 0.175. The van der Waals surface area contributed by atoms with E-state index in [4.69, 9.17) is 5.73 Å². The summed E-state index contributed by atoms with van der Waals surface area (Å²) in [5.74, 6) is 0. The summed E-state index contributed by atoms with van der Waals surface area (Å²) in [5, 5.41) is 3.70. The maximum absolute atomic E-state index is 5.81. The lowest BCUT2D eigenvalue weighted by atomic mass is 9.75. The van der Waals surface area contributed by atoms with Crippen molar-refractivity contribution in [3.8, 4) is 0 Å². The molecule has 16 heavy (non-hydrogen) atoms. The Balaban J connectivity index is 1.96. The third-order valence-corrected chi connectivity index (χ3v) is 3.99. The SMILES string of the molecule is CCC1(NCc2ccc(N)c(C)c2)CCC1. The third-order valence-electron chi connectivity index (χ3n) is 3.99. The van der Waals surface area contributed by atoms with Gasteiger partial charge in [0.2, 0.25) is 0 Å². The van der Waals surface area contributed by atoms with E-state index in [0.717, 1.165) is 12.2 Å². The molecule has 1 fully saturated rings. The van der Waals surface area contributed by atoms with E-state index in [1.165, 1.54) is 36.8 Å². The number of nitrogens with one attached hydrogen (secondary N) is 1. The summed E-state index contributed by atoms with van der Waals surface area (Å²) in [6.45, 7) is 5.31. The molecule has 0 amide bonds. The van der Waals surface area contributed by atoms with Gasteiger partial charge in [-0.3, -0.25) is 0 Å². The van der Waals surface area contributed by atoms with Gasteiger partial charge in [-0.05, 0) is 49.8 Å². The zero-order valence-corrected chi connectivity index (χ0v) is 10.3. The first-order valence-electron chi connectivity index (χ1n) is 6.25. The average molecular weight is 218 g/mol. The highest BCUT2D eigenvalue weighted by Gasteiger charge is 2.34. The van der Waals surface area contributed by atoms with Crippen LogP contribution in [0.15, 0.2) is 18.2 Å². The zero-order chi connectivity index (χ0) is 11.6. The quantitative estimate of drug-likeness (QED) is 0.762. The highest BCUT2D eigenvalue weighted by atomic mass is 15.0. The summed E-state index contributed by atoms with van der Waals surface area (Å²) in [7, 11) is 0. The molecule has 0 radical (unpaired) electrons. The number of benzene rings is 1. The molecule has 0 bridgehead atoms. The number of hydrogen-bond donors (Lipinski definition) is 2. The molecule has 0 spiro atoms. The standard InChI is InChI=1S/C14H22N2/c1-3-14(7-4-8-14)16-10-12-5-6-13(15)11(2)9-12/h5-6,9,16H,3-4,7-8,10,15H2,1-2H3. The Bertz CT molecular complexity index is 361. The Kier molecular flexibility index (Phi) is 3.20. The fourth-order valence-corrected chi connectivity index (χ4v) is 2.40. The van der Waals surface area contributed by atoms with Crippen molar-refractivity contribution in [2.45, 2.75) is 51.6 Å². The van der Waals surface area contributed by atoms with Crippen molar-refractivity contribution in [1.29, 1.82) is 0 Å². The second-order valence-corrected chi connectivity index (χ2v) is 5.03. The van der Waals surface area contributed by atoms with Crippen LogP contribution in [0.1, 0.15) is 43.7 Å². The summed E-state index contributed by atoms with van der Waals surface area (Å²) in [4.78, 5) is 0. The lowest BCUT2D eigenvalue weighted by Gasteiger charge is -2.42. The Morgan fingerprint density at radius 2 is 2.12 bits per heavy atom. The molecule has 0 aliphatic heterocycles. The van der Waals surface area contributed by atoms with Gasteiger partial charge in [-0.25, -0.2) is 0 Å². The number of nitrogens with two attached hydrogens (primary N) is 1. The molecule has 1 aromatic rings. The lowest BCUT2D eigenvalue weighted by Crippen LogP contribution is -2.49. The van der Waals surface area contributed by atoms with E-state index < -0.39 is 0 Å². The molecule has 88 valence electrons. The van der Waals surface area contributed by atoms with Crippen molar-refractivity contribution >= 4 is 5.69 Å². The Morgan fingerprint density at radius 3 is 2.62 bits per heavy atom. The Labute approximate surface area is 98.2 Å². The molecule has 0 saturated heterocycles. The molecule has 1 saturated carbocycles. The first kappa shape index (κ1) is 11.5. The van der Waals surface area contributed by atoms with Gasteiger partial charge in [-0.1, -0.05) is 19.1 Å². The monoisotopic (exact) mass is 218 g/mol. The van der Waals surface area contributed by atoms with Gasteiger partial charge in [0, 0.05) is 17.8 Å². The molecule has 1 aliphatic carbocycles. The van der Waals surface area contributed by atoms with Crippen LogP contribution >= 0.6 is 0 Å². The zero-order valence-electron chi connectivity index (χ0n) is 10.3. The first-order chi connectivity index (χ1) is 7.65. The molecule has 2 heteroatoms. The maximum atomic E-state index is 5.81. The van der Waals surface area contributed by atoms with Crippen LogP contribution in [-0.4, -0.2) is 5.54 Å². The van der Waals surface area contributed by atoms with E-state index in [0.29, 0.717) is 5.54 Å². The number of rotatable bonds is 4. The fraction of sp³-hybridized carbons (Fsp3) is 0.571. The van der Waals surface area contributed by atoms with Crippen molar-refractivity contribution in [1.82, 2.24) is 5.32 Å². The van der Waals surface area contributed by atoms with Crippen LogP contribution in [0.2, 0.25) is 0 Å². The van der Waals surface area contributed by atoms with E-state index in [-0.39, 0.29) is 0 Å². The van der Waals surface area contributed by atoms with Gasteiger partial charge in [0.05, 0.1) is 0 Å². The predicted octanol–water partition coefficient (Wildman–Crippen LogP) is 3.00. The highest BCUT2D eigenvalue weighted by molar-refractivity contribution is 5.47. The van der Waals surface area contributed by atoms with Gasteiger partial charge in [-0.2, -0.15) is 0 Å². The van der Waals surface area contributed by atoms with Gasteiger partial charge in [0.25, 0.3) is 0 Å². The Hall–Kier alpha value is -1.02. The van der Waals surface area contributed by atoms with Gasteiger partial charge >= 0.3 is 0 Å². The van der Waals surface area contributed by atoms with Gasteiger partial charge in [0.15, 0.2) is 0 Å². The smallest absolute Gasteiger partial charge is 0.0343 e.